The van der Waals surface area contributed by atoms with Crippen LogP contribution in [0.4, 0.5) is 0 Å². The van der Waals surface area contributed by atoms with E-state index >= 15 is 0 Å². The van der Waals surface area contributed by atoms with Crippen molar-refractivity contribution in [3.63, 3.8) is 0 Å². The number of carbonyl (C=O) groups excluding carboxylic acids is 2. The molecule has 0 bridgehead atoms. The van der Waals surface area contributed by atoms with Crippen molar-refractivity contribution in [2.45, 2.75) is 78.1 Å². The van der Waals surface area contributed by atoms with Gasteiger partial charge in [-0.25, -0.2) is 0 Å². The van der Waals surface area contributed by atoms with Crippen LogP contribution in [0.15, 0.2) is 85.0 Å². The lowest BCUT2D eigenvalue weighted by Gasteiger charge is -2.30. The molecule has 0 radical (unpaired) electrons. The van der Waals surface area contributed by atoms with E-state index in [4.69, 9.17) is 0 Å². The second-order valence-corrected chi connectivity index (χ2v) is 17.5. The Morgan fingerprint density at radius 1 is 0.521 bits per heavy atom. The number of fused-ring (bicyclic) bond motifs is 2. The van der Waals surface area contributed by atoms with Crippen LogP contribution in [-0.4, -0.2) is 11.6 Å². The van der Waals surface area contributed by atoms with Crippen LogP contribution in [0.1, 0.15) is 101 Å². The number of benzene rings is 1. The molecule has 0 aliphatic heterocycles. The van der Waals surface area contributed by atoms with Gasteiger partial charge in [0.05, 0.1) is 11.8 Å². The largest absolute Gasteiger partial charge is 0.293 e. The molecule has 0 spiro atoms. The summed E-state index contributed by atoms with van der Waals surface area (Å²) in [5, 5.41) is 0. The number of hydrogen-bond acceptors (Lipinski definition) is 6. The van der Waals surface area contributed by atoms with E-state index in [0.29, 0.717) is 11.1 Å². The van der Waals surface area contributed by atoms with Crippen LogP contribution in [-0.2, 0) is 12.8 Å². The van der Waals surface area contributed by atoms with Crippen molar-refractivity contribution < 1.29 is 9.59 Å². The molecule has 1 aromatic carbocycles. The first-order valence-corrected chi connectivity index (χ1v) is 20.8. The number of Topliss-reactive ketones (excluding diaryl/α,β-unsaturated/α-hetero) is 2. The zero-order chi connectivity index (χ0) is 33.0. The lowest BCUT2D eigenvalue weighted by Crippen LogP contribution is -2.35. The molecule has 4 aromatic heterocycles. The molecule has 0 fully saturated rings. The molecular formula is C42H42O2S4. The molecule has 7 rings (SSSR count). The van der Waals surface area contributed by atoms with Crippen molar-refractivity contribution in [1.82, 2.24) is 0 Å². The molecule has 2 nitrogen and oxygen atoms in total. The van der Waals surface area contributed by atoms with Crippen LogP contribution < -0.4 is 0 Å². The first kappa shape index (κ1) is 33.3. The van der Waals surface area contributed by atoms with Crippen molar-refractivity contribution >= 4 is 62.5 Å². The number of ketones is 2. The maximum atomic E-state index is 13.9. The molecule has 2 unspecified atom stereocenters. The predicted octanol–water partition coefficient (Wildman–Crippen LogP) is 13.4. The minimum atomic E-state index is -0.457. The number of unbranched alkanes of at least 4 members (excludes halogenated alkanes) is 6. The molecule has 4 heterocycles. The fourth-order valence-corrected chi connectivity index (χ4v) is 11.1. The first-order valence-electron chi connectivity index (χ1n) is 17.5. The lowest BCUT2D eigenvalue weighted by molar-refractivity contribution is 0.0802. The fourth-order valence-electron chi connectivity index (χ4n) is 6.80. The summed E-state index contributed by atoms with van der Waals surface area (Å²) in [5.74, 6) is -0.816. The molecule has 2 atom stereocenters. The van der Waals surface area contributed by atoms with Gasteiger partial charge in [0.25, 0.3) is 0 Å². The van der Waals surface area contributed by atoms with Gasteiger partial charge in [-0.15, -0.1) is 45.3 Å². The number of rotatable bonds is 14. The Morgan fingerprint density at radius 2 is 1.06 bits per heavy atom. The maximum Gasteiger partial charge on any atom is 0.171 e. The van der Waals surface area contributed by atoms with Crippen LogP contribution in [0.3, 0.4) is 0 Å². The average molecular weight is 707 g/mol. The molecule has 2 aliphatic rings. The average Bonchev–Trinajstić information content (AvgIpc) is 3.94. The van der Waals surface area contributed by atoms with Crippen LogP contribution in [0.5, 0.6) is 0 Å². The topological polar surface area (TPSA) is 34.1 Å². The van der Waals surface area contributed by atoms with E-state index < -0.39 is 11.8 Å². The van der Waals surface area contributed by atoms with E-state index in [0.717, 1.165) is 33.7 Å². The van der Waals surface area contributed by atoms with Crippen molar-refractivity contribution in [2.75, 3.05) is 0 Å². The van der Waals surface area contributed by atoms with Crippen molar-refractivity contribution in [2.24, 2.45) is 11.8 Å². The Hall–Kier alpha value is -3.16. The molecule has 6 heteroatoms. The quantitative estimate of drug-likeness (QED) is 0.108. The standard InChI is InChI=1S/C42H42O2S4/c1-3-5-7-9-11-29-15-19-37(45-29)39-23-21-35(47-39)27-13-17-31-33(25-27)41(43)32-18-14-28(26-34(32)42(31)44)36-22-24-40(48-36)38-20-16-30(46-38)12-10-8-6-4-2/h13-26,31,33H,3-12H2,1-2H3. The minimum Gasteiger partial charge on any atom is -0.293 e. The number of thiophene rings is 4. The third kappa shape index (κ3) is 7.09. The van der Waals surface area contributed by atoms with Gasteiger partial charge in [-0.2, -0.15) is 0 Å². The van der Waals surface area contributed by atoms with Gasteiger partial charge < -0.3 is 0 Å². The third-order valence-corrected chi connectivity index (χ3v) is 14.5. The summed E-state index contributed by atoms with van der Waals surface area (Å²) in [5.41, 5.74) is 3.15. The van der Waals surface area contributed by atoms with Gasteiger partial charge >= 0.3 is 0 Å². The summed E-state index contributed by atoms with van der Waals surface area (Å²) >= 11 is 7.31. The number of hydrogen-bond donors (Lipinski definition) is 0. The summed E-state index contributed by atoms with van der Waals surface area (Å²) in [7, 11) is 0. The van der Waals surface area contributed by atoms with Crippen LogP contribution in [0.25, 0.3) is 35.5 Å². The minimum absolute atomic E-state index is 0.0441. The monoisotopic (exact) mass is 706 g/mol. The van der Waals surface area contributed by atoms with Crippen molar-refractivity contribution in [3.8, 4) is 29.9 Å². The van der Waals surface area contributed by atoms with Gasteiger partial charge in [0.15, 0.2) is 11.6 Å². The van der Waals surface area contributed by atoms with E-state index in [-0.39, 0.29) is 11.6 Å². The normalized spacial score (nSPS) is 17.1. The van der Waals surface area contributed by atoms with E-state index in [2.05, 4.69) is 68.5 Å². The molecule has 5 aromatic rings. The summed E-state index contributed by atoms with van der Waals surface area (Å²) in [6.45, 7) is 4.50. The van der Waals surface area contributed by atoms with E-state index in [1.54, 1.807) is 22.7 Å². The molecule has 0 N–H and O–H groups in total. The number of allylic oxidation sites excluding steroid dienone is 4. The third-order valence-electron chi connectivity index (χ3n) is 9.53. The highest BCUT2D eigenvalue weighted by Gasteiger charge is 2.40. The van der Waals surface area contributed by atoms with Crippen LogP contribution in [0, 0.1) is 11.8 Å². The Kier molecular flexibility index (Phi) is 10.5. The van der Waals surface area contributed by atoms with Crippen LogP contribution in [0.2, 0.25) is 0 Å². The van der Waals surface area contributed by atoms with Gasteiger partial charge in [-0.1, -0.05) is 82.7 Å². The molecule has 0 amide bonds. The first-order chi connectivity index (χ1) is 23.5. The molecule has 0 saturated heterocycles. The Balaban J connectivity index is 1.05. The zero-order valence-corrected chi connectivity index (χ0v) is 31.0. The smallest absolute Gasteiger partial charge is 0.171 e. The van der Waals surface area contributed by atoms with Crippen molar-refractivity contribution in [1.29, 1.82) is 0 Å². The number of aryl methyl sites for hydroxylation is 2. The Morgan fingerprint density at radius 3 is 1.71 bits per heavy atom. The Bertz CT molecular complexity index is 1970. The molecule has 48 heavy (non-hydrogen) atoms. The van der Waals surface area contributed by atoms with Gasteiger partial charge in [-0.3, -0.25) is 9.59 Å². The summed E-state index contributed by atoms with van der Waals surface area (Å²) in [4.78, 5) is 38.0. The van der Waals surface area contributed by atoms with E-state index in [1.807, 2.05) is 53.0 Å². The van der Waals surface area contributed by atoms with E-state index in [9.17, 15) is 9.59 Å². The highest BCUT2D eigenvalue weighted by atomic mass is 32.1. The second-order valence-electron chi connectivity index (χ2n) is 13.0. The highest BCUT2D eigenvalue weighted by Crippen LogP contribution is 2.43. The zero-order valence-electron chi connectivity index (χ0n) is 27.8. The maximum absolute atomic E-state index is 13.9. The Labute approximate surface area is 300 Å². The molecule has 0 saturated carbocycles. The van der Waals surface area contributed by atoms with Gasteiger partial charge in [-0.05, 0) is 91.4 Å². The molecule has 2 aliphatic carbocycles. The van der Waals surface area contributed by atoms with Crippen molar-refractivity contribution in [3.05, 3.63) is 111 Å². The molecule has 246 valence electrons. The lowest BCUT2D eigenvalue weighted by atomic mass is 9.71. The SMILES string of the molecule is CCCCCCc1ccc(-c2ccc(C3=CC4C(=O)c5ccc(-c6ccc(-c7ccc(CCCCCC)s7)s6)cc5C(=O)C4C=C3)s2)s1. The fraction of sp³-hybridized carbons (Fsp3) is 0.333. The highest BCUT2D eigenvalue weighted by molar-refractivity contribution is 7.24. The van der Waals surface area contributed by atoms with E-state index in [1.165, 1.54) is 80.6 Å². The van der Waals surface area contributed by atoms with Gasteiger partial charge in [0.2, 0.25) is 0 Å². The summed E-state index contributed by atoms with van der Waals surface area (Å²) in [6, 6.07) is 23.6. The van der Waals surface area contributed by atoms with Crippen LogP contribution >= 0.6 is 45.3 Å². The molecular weight excluding hydrogens is 665 g/mol. The number of carbonyl (C=O) groups is 2. The summed E-state index contributed by atoms with van der Waals surface area (Å²) in [6.07, 6.45) is 18.6. The van der Waals surface area contributed by atoms with Gasteiger partial charge in [0, 0.05) is 50.1 Å². The second kappa shape index (κ2) is 15.2. The van der Waals surface area contributed by atoms with Gasteiger partial charge in [0.1, 0.15) is 0 Å². The predicted molar refractivity (Wildman–Crippen MR) is 209 cm³/mol. The summed E-state index contributed by atoms with van der Waals surface area (Å²) < 4.78 is 0.